The van der Waals surface area contributed by atoms with Crippen LogP contribution in [0.25, 0.3) is 116 Å². The summed E-state index contributed by atoms with van der Waals surface area (Å²) in [5.41, 5.74) is 8.90. The maximum absolute atomic E-state index is 5.27. The van der Waals surface area contributed by atoms with Crippen LogP contribution in [0.3, 0.4) is 0 Å². The highest BCUT2D eigenvalue weighted by Crippen LogP contribution is 2.42. The van der Waals surface area contributed by atoms with E-state index in [1.807, 2.05) is 78.9 Å². The van der Waals surface area contributed by atoms with Gasteiger partial charge in [-0.3, -0.25) is 0 Å². The summed E-state index contributed by atoms with van der Waals surface area (Å²) in [6.45, 7) is 0. The van der Waals surface area contributed by atoms with Crippen molar-refractivity contribution in [2.45, 2.75) is 0 Å². The largest absolute Gasteiger partial charge is 0.309 e. The zero-order valence-corrected chi connectivity index (χ0v) is 33.9. The molecule has 0 aliphatic carbocycles. The van der Waals surface area contributed by atoms with Crippen LogP contribution in [0.5, 0.6) is 0 Å². The fourth-order valence-electron chi connectivity index (χ4n) is 8.36. The molecule has 290 valence electrons. The van der Waals surface area contributed by atoms with Crippen molar-refractivity contribution < 1.29 is 0 Å². The Morgan fingerprint density at radius 1 is 0.306 bits per heavy atom. The first-order valence-electron chi connectivity index (χ1n) is 20.5. The summed E-state index contributed by atoms with van der Waals surface area (Å²) < 4.78 is 4.54. The van der Waals surface area contributed by atoms with Gasteiger partial charge in [-0.25, -0.2) is 29.9 Å². The lowest BCUT2D eigenvalue weighted by molar-refractivity contribution is 1.07. The molecule has 0 bridgehead atoms. The van der Waals surface area contributed by atoms with Crippen LogP contribution in [0.4, 0.5) is 0 Å². The lowest BCUT2D eigenvalue weighted by Crippen LogP contribution is -2.00. The highest BCUT2D eigenvalue weighted by Gasteiger charge is 2.20. The summed E-state index contributed by atoms with van der Waals surface area (Å²) in [5, 5.41) is 4.65. The molecule has 7 nitrogen and oxygen atoms in total. The van der Waals surface area contributed by atoms with Gasteiger partial charge in [-0.1, -0.05) is 164 Å². The molecule has 0 saturated heterocycles. The molecule has 4 aromatic heterocycles. The van der Waals surface area contributed by atoms with Gasteiger partial charge in [-0.05, 0) is 36.4 Å². The van der Waals surface area contributed by atoms with E-state index < -0.39 is 0 Å². The topological polar surface area (TPSA) is 82.3 Å². The second-order valence-corrected chi connectivity index (χ2v) is 16.2. The summed E-state index contributed by atoms with van der Waals surface area (Å²) in [7, 11) is 0. The number of hydrogen-bond donors (Lipinski definition) is 0. The molecule has 4 heterocycles. The number of rotatable bonds is 7. The standard InChI is InChI=1S/C54H33N7S/c1-5-16-34(17-6-1)49-55-50(35-18-7-2-8-19-35)57-53(56-49)38-29-31-42-43-25-15-26-44(48(43)62-47(42)33-38)54-59-51(36-20-9-3-10-21-36)58-52(60-54)37-28-30-41-40-24-13-14-27-45(40)61(46(41)32-37)39-22-11-4-12-23-39/h1-33H. The van der Waals surface area contributed by atoms with E-state index in [4.69, 9.17) is 29.9 Å². The maximum atomic E-state index is 5.27. The van der Waals surface area contributed by atoms with Crippen LogP contribution in [-0.2, 0) is 0 Å². The number of hydrogen-bond acceptors (Lipinski definition) is 7. The minimum absolute atomic E-state index is 0.610. The first kappa shape index (κ1) is 35.7. The molecule has 0 unspecified atom stereocenters. The van der Waals surface area contributed by atoms with E-state index in [2.05, 4.69) is 126 Å². The molecular formula is C54H33N7S. The van der Waals surface area contributed by atoms with Gasteiger partial charge in [0.1, 0.15) is 0 Å². The first-order chi connectivity index (χ1) is 30.7. The predicted octanol–water partition coefficient (Wildman–Crippen LogP) is 13.5. The van der Waals surface area contributed by atoms with Crippen LogP contribution in [0, 0.1) is 0 Å². The van der Waals surface area contributed by atoms with Crippen molar-refractivity contribution in [1.29, 1.82) is 0 Å². The summed E-state index contributed by atoms with van der Waals surface area (Å²) in [6.07, 6.45) is 0. The van der Waals surface area contributed by atoms with Crippen molar-refractivity contribution in [1.82, 2.24) is 34.5 Å². The third-order valence-corrected chi connectivity index (χ3v) is 12.5. The number of nitrogens with zero attached hydrogens (tertiary/aromatic N) is 7. The Balaban J connectivity index is 1.02. The normalized spacial score (nSPS) is 11.5. The Morgan fingerprint density at radius 3 is 1.35 bits per heavy atom. The Bertz CT molecular complexity index is 3570. The third kappa shape index (κ3) is 6.20. The molecule has 0 aliphatic rings. The Labute approximate surface area is 360 Å². The Hall–Kier alpha value is -8.20. The molecule has 0 saturated carbocycles. The molecule has 0 N–H and O–H groups in total. The fraction of sp³-hybridized carbons (Fsp3) is 0. The van der Waals surface area contributed by atoms with Gasteiger partial charge >= 0.3 is 0 Å². The van der Waals surface area contributed by atoms with Crippen molar-refractivity contribution in [2.24, 2.45) is 0 Å². The predicted molar refractivity (Wildman–Crippen MR) is 253 cm³/mol. The van der Waals surface area contributed by atoms with Gasteiger partial charge in [0.15, 0.2) is 34.9 Å². The van der Waals surface area contributed by atoms with Gasteiger partial charge in [0.25, 0.3) is 0 Å². The zero-order chi connectivity index (χ0) is 41.0. The second-order valence-electron chi connectivity index (χ2n) is 15.1. The first-order valence-corrected chi connectivity index (χ1v) is 21.3. The maximum Gasteiger partial charge on any atom is 0.165 e. The molecule has 0 amide bonds. The number of thiophene rings is 1. The molecule has 8 aromatic carbocycles. The van der Waals surface area contributed by atoms with E-state index >= 15 is 0 Å². The van der Waals surface area contributed by atoms with E-state index in [-0.39, 0.29) is 0 Å². The summed E-state index contributed by atoms with van der Waals surface area (Å²) >= 11 is 1.73. The highest BCUT2D eigenvalue weighted by molar-refractivity contribution is 7.26. The average molecular weight is 812 g/mol. The van der Waals surface area contributed by atoms with Crippen LogP contribution >= 0.6 is 11.3 Å². The number of benzene rings is 8. The van der Waals surface area contributed by atoms with E-state index in [9.17, 15) is 0 Å². The Morgan fingerprint density at radius 2 is 0.758 bits per heavy atom. The van der Waals surface area contributed by atoms with Crippen LogP contribution < -0.4 is 0 Å². The number of aromatic nitrogens is 7. The molecule has 12 aromatic rings. The molecule has 0 fully saturated rings. The van der Waals surface area contributed by atoms with Gasteiger partial charge in [0.2, 0.25) is 0 Å². The van der Waals surface area contributed by atoms with E-state index in [0.29, 0.717) is 34.9 Å². The second kappa shape index (κ2) is 14.8. The van der Waals surface area contributed by atoms with Crippen LogP contribution in [-0.4, -0.2) is 34.5 Å². The van der Waals surface area contributed by atoms with E-state index in [1.165, 1.54) is 10.8 Å². The van der Waals surface area contributed by atoms with Crippen molar-refractivity contribution in [3.8, 4) is 74.0 Å². The van der Waals surface area contributed by atoms with Crippen LogP contribution in [0.1, 0.15) is 0 Å². The summed E-state index contributed by atoms with van der Waals surface area (Å²) in [5.74, 6) is 3.73. The average Bonchev–Trinajstić information content (AvgIpc) is 3.90. The van der Waals surface area contributed by atoms with Crippen LogP contribution in [0.15, 0.2) is 200 Å². The fourth-order valence-corrected chi connectivity index (χ4v) is 9.61. The van der Waals surface area contributed by atoms with Crippen LogP contribution in [0.2, 0.25) is 0 Å². The van der Waals surface area contributed by atoms with Gasteiger partial charge in [-0.15, -0.1) is 11.3 Å². The summed E-state index contributed by atoms with van der Waals surface area (Å²) in [6, 6.07) is 68.8. The van der Waals surface area contributed by atoms with E-state index in [1.54, 1.807) is 11.3 Å². The molecule has 0 radical (unpaired) electrons. The van der Waals surface area contributed by atoms with Crippen molar-refractivity contribution in [2.75, 3.05) is 0 Å². The molecule has 0 aliphatic heterocycles. The molecule has 0 atom stereocenters. The van der Waals surface area contributed by atoms with Gasteiger partial charge in [0, 0.05) is 70.0 Å². The van der Waals surface area contributed by atoms with E-state index in [0.717, 1.165) is 70.3 Å². The molecule has 8 heteroatoms. The van der Waals surface area contributed by atoms with Gasteiger partial charge in [0.05, 0.1) is 11.0 Å². The molecule has 0 spiro atoms. The van der Waals surface area contributed by atoms with Gasteiger partial charge in [-0.2, -0.15) is 0 Å². The minimum atomic E-state index is 0.610. The van der Waals surface area contributed by atoms with Crippen molar-refractivity contribution >= 4 is 53.3 Å². The monoisotopic (exact) mass is 811 g/mol. The lowest BCUT2D eigenvalue weighted by atomic mass is 10.1. The quantitative estimate of drug-likeness (QED) is 0.159. The Kier molecular flexibility index (Phi) is 8.53. The third-order valence-electron chi connectivity index (χ3n) is 11.3. The minimum Gasteiger partial charge on any atom is -0.309 e. The van der Waals surface area contributed by atoms with Crippen molar-refractivity contribution in [3.05, 3.63) is 200 Å². The highest BCUT2D eigenvalue weighted by atomic mass is 32.1. The zero-order valence-electron chi connectivity index (χ0n) is 33.1. The molecule has 62 heavy (non-hydrogen) atoms. The van der Waals surface area contributed by atoms with Crippen molar-refractivity contribution in [3.63, 3.8) is 0 Å². The smallest absolute Gasteiger partial charge is 0.165 e. The van der Waals surface area contributed by atoms with Gasteiger partial charge < -0.3 is 4.57 Å². The molecular weight excluding hydrogens is 779 g/mol. The summed E-state index contributed by atoms with van der Waals surface area (Å²) in [4.78, 5) is 30.5. The molecule has 12 rings (SSSR count). The lowest BCUT2D eigenvalue weighted by Gasteiger charge is -2.10. The number of fused-ring (bicyclic) bond motifs is 6. The SMILES string of the molecule is c1ccc(-c2nc(-c3ccccc3)nc(-c3ccc4c(c3)sc3c(-c5nc(-c6ccccc6)nc(-c6ccc7c8ccccc8n(-c8ccccc8)c7c6)n5)cccc34)n2)cc1. The number of para-hydroxylation sites is 2.